The average Bonchev–Trinajstić information content (AvgIpc) is 3.10. The number of amides is 1. The van der Waals surface area contributed by atoms with Gasteiger partial charge in [0.05, 0.1) is 5.71 Å². The molecule has 0 radical (unpaired) electrons. The van der Waals surface area contributed by atoms with Gasteiger partial charge < -0.3 is 10.2 Å². The Morgan fingerprint density at radius 1 is 1.53 bits per heavy atom. The summed E-state index contributed by atoms with van der Waals surface area (Å²) >= 11 is 0. The number of oxime groups is 1. The van der Waals surface area contributed by atoms with Gasteiger partial charge in [-0.15, -0.1) is 0 Å². The molecule has 19 heavy (non-hydrogen) atoms. The fraction of sp³-hybridized carbons (Fsp3) is 0.429. The molecule has 1 aromatic carbocycles. The summed E-state index contributed by atoms with van der Waals surface area (Å²) in [6.45, 7) is 1.71. The van der Waals surface area contributed by atoms with Crippen molar-refractivity contribution >= 4 is 11.6 Å². The number of carbonyl (C=O) groups excluding carboxylic acids is 1. The first-order chi connectivity index (χ1) is 9.07. The zero-order chi connectivity index (χ0) is 13.5. The van der Waals surface area contributed by atoms with E-state index in [0.717, 1.165) is 12.8 Å². The van der Waals surface area contributed by atoms with E-state index in [1.807, 2.05) is 0 Å². The van der Waals surface area contributed by atoms with Crippen LogP contribution in [0.1, 0.15) is 31.7 Å². The minimum atomic E-state index is -0.982. The largest absolute Gasteiger partial charge is 0.379 e. The van der Waals surface area contributed by atoms with E-state index in [1.54, 1.807) is 19.1 Å². The third kappa shape index (κ3) is 2.45. The van der Waals surface area contributed by atoms with Crippen molar-refractivity contribution in [2.24, 2.45) is 5.16 Å². The Morgan fingerprint density at radius 2 is 2.32 bits per heavy atom. The van der Waals surface area contributed by atoms with Gasteiger partial charge in [0.2, 0.25) is 5.60 Å². The Morgan fingerprint density at radius 3 is 3.00 bits per heavy atom. The Balaban J connectivity index is 1.72. The number of benzene rings is 1. The van der Waals surface area contributed by atoms with Crippen molar-refractivity contribution in [3.63, 3.8) is 0 Å². The standard InChI is InChI=1S/C14H15FN2O2/c1-14(13(18)16-11-5-6-11)8-12(17-19-14)9-3-2-4-10(15)7-9/h2-4,7,11H,5-6,8H2,1H3,(H,16,18). The molecule has 2 aliphatic rings. The molecule has 0 saturated heterocycles. The summed E-state index contributed by atoms with van der Waals surface area (Å²) in [4.78, 5) is 17.4. The zero-order valence-electron chi connectivity index (χ0n) is 10.6. The van der Waals surface area contributed by atoms with E-state index >= 15 is 0 Å². The highest BCUT2D eigenvalue weighted by Crippen LogP contribution is 2.29. The first-order valence-electron chi connectivity index (χ1n) is 6.39. The number of halogens is 1. The third-order valence-electron chi connectivity index (χ3n) is 3.41. The van der Waals surface area contributed by atoms with Gasteiger partial charge in [0.25, 0.3) is 5.91 Å². The second-order valence-corrected chi connectivity index (χ2v) is 5.29. The van der Waals surface area contributed by atoms with E-state index in [-0.39, 0.29) is 17.8 Å². The van der Waals surface area contributed by atoms with Crippen LogP contribution in [0.4, 0.5) is 4.39 Å². The summed E-state index contributed by atoms with van der Waals surface area (Å²) in [6.07, 6.45) is 2.41. The lowest BCUT2D eigenvalue weighted by molar-refractivity contribution is -0.141. The van der Waals surface area contributed by atoms with Crippen LogP contribution in [0.3, 0.4) is 0 Å². The molecule has 3 rings (SSSR count). The molecule has 1 aromatic rings. The van der Waals surface area contributed by atoms with Crippen molar-refractivity contribution in [2.45, 2.75) is 37.8 Å². The molecule has 1 N–H and O–H groups in total. The normalized spacial score (nSPS) is 25.7. The van der Waals surface area contributed by atoms with Crippen molar-refractivity contribution in [3.05, 3.63) is 35.6 Å². The molecule has 1 amide bonds. The molecule has 1 aliphatic carbocycles. The minimum absolute atomic E-state index is 0.148. The SMILES string of the molecule is CC1(C(=O)NC2CC2)CC(c2cccc(F)c2)=NO1. The summed E-state index contributed by atoms with van der Waals surface area (Å²) in [6, 6.07) is 6.43. The third-order valence-corrected chi connectivity index (χ3v) is 3.41. The molecule has 4 nitrogen and oxygen atoms in total. The predicted molar refractivity (Wildman–Crippen MR) is 68.2 cm³/mol. The molecule has 0 bridgehead atoms. The van der Waals surface area contributed by atoms with Crippen LogP contribution in [0.5, 0.6) is 0 Å². The van der Waals surface area contributed by atoms with Gasteiger partial charge in [0.15, 0.2) is 0 Å². The van der Waals surface area contributed by atoms with E-state index in [1.165, 1.54) is 12.1 Å². The van der Waals surface area contributed by atoms with Crippen LogP contribution in [0.25, 0.3) is 0 Å². The van der Waals surface area contributed by atoms with E-state index in [4.69, 9.17) is 4.84 Å². The molecule has 1 saturated carbocycles. The summed E-state index contributed by atoms with van der Waals surface area (Å²) in [5, 5.41) is 6.85. The molecule has 0 aromatic heterocycles. The first-order valence-corrected chi connectivity index (χ1v) is 6.39. The van der Waals surface area contributed by atoms with Gasteiger partial charge in [0, 0.05) is 18.0 Å². The Labute approximate surface area is 110 Å². The van der Waals surface area contributed by atoms with Crippen LogP contribution in [0.2, 0.25) is 0 Å². The maximum atomic E-state index is 13.2. The number of nitrogens with zero attached hydrogens (tertiary/aromatic N) is 1. The van der Waals surface area contributed by atoms with E-state index in [9.17, 15) is 9.18 Å². The molecule has 100 valence electrons. The first kappa shape index (κ1) is 12.1. The lowest BCUT2D eigenvalue weighted by Crippen LogP contribution is -2.45. The lowest BCUT2D eigenvalue weighted by Gasteiger charge is -2.20. The number of nitrogens with one attached hydrogen (secondary N) is 1. The van der Waals surface area contributed by atoms with Crippen LogP contribution in [-0.4, -0.2) is 23.3 Å². The van der Waals surface area contributed by atoms with Crippen molar-refractivity contribution in [3.8, 4) is 0 Å². The van der Waals surface area contributed by atoms with Crippen LogP contribution in [-0.2, 0) is 9.63 Å². The van der Waals surface area contributed by atoms with Crippen LogP contribution >= 0.6 is 0 Å². The summed E-state index contributed by atoms with van der Waals surface area (Å²) in [5.41, 5.74) is 0.278. The maximum absolute atomic E-state index is 13.2. The smallest absolute Gasteiger partial charge is 0.267 e. The van der Waals surface area contributed by atoms with Gasteiger partial charge in [-0.1, -0.05) is 17.3 Å². The average molecular weight is 262 g/mol. The Hall–Kier alpha value is -1.91. The highest BCUT2D eigenvalue weighted by molar-refractivity contribution is 6.05. The molecule has 0 spiro atoms. The van der Waals surface area contributed by atoms with Gasteiger partial charge >= 0.3 is 0 Å². The Bertz CT molecular complexity index is 554. The second-order valence-electron chi connectivity index (χ2n) is 5.29. The molecular weight excluding hydrogens is 247 g/mol. The minimum Gasteiger partial charge on any atom is -0.379 e. The molecule has 1 unspecified atom stereocenters. The highest BCUT2D eigenvalue weighted by Gasteiger charge is 2.43. The van der Waals surface area contributed by atoms with Gasteiger partial charge in [-0.2, -0.15) is 0 Å². The molecule has 5 heteroatoms. The van der Waals surface area contributed by atoms with Crippen molar-refractivity contribution in [2.75, 3.05) is 0 Å². The molecule has 1 aliphatic heterocycles. The number of hydrogen-bond donors (Lipinski definition) is 1. The van der Waals surface area contributed by atoms with Gasteiger partial charge in [-0.05, 0) is 31.9 Å². The second kappa shape index (κ2) is 4.33. The van der Waals surface area contributed by atoms with Gasteiger partial charge in [-0.3, -0.25) is 4.79 Å². The van der Waals surface area contributed by atoms with Crippen LogP contribution in [0, 0.1) is 5.82 Å². The number of rotatable bonds is 3. The molecule has 1 fully saturated rings. The van der Waals surface area contributed by atoms with Crippen molar-refractivity contribution < 1.29 is 14.0 Å². The van der Waals surface area contributed by atoms with Gasteiger partial charge in [-0.25, -0.2) is 4.39 Å². The summed E-state index contributed by atoms with van der Waals surface area (Å²) in [5.74, 6) is -0.471. The fourth-order valence-corrected chi connectivity index (χ4v) is 2.05. The van der Waals surface area contributed by atoms with E-state index in [0.29, 0.717) is 17.7 Å². The highest BCUT2D eigenvalue weighted by atomic mass is 19.1. The quantitative estimate of drug-likeness (QED) is 0.905. The number of carbonyl (C=O) groups is 1. The monoisotopic (exact) mass is 262 g/mol. The van der Waals surface area contributed by atoms with Crippen molar-refractivity contribution in [1.29, 1.82) is 0 Å². The summed E-state index contributed by atoms with van der Waals surface area (Å²) in [7, 11) is 0. The maximum Gasteiger partial charge on any atom is 0.267 e. The lowest BCUT2D eigenvalue weighted by atomic mass is 9.95. The molecular formula is C14H15FN2O2. The predicted octanol–water partition coefficient (Wildman–Crippen LogP) is 1.99. The zero-order valence-corrected chi connectivity index (χ0v) is 10.6. The molecule has 1 atom stereocenters. The van der Waals surface area contributed by atoms with Gasteiger partial charge in [0.1, 0.15) is 5.82 Å². The fourth-order valence-electron chi connectivity index (χ4n) is 2.05. The van der Waals surface area contributed by atoms with Crippen LogP contribution < -0.4 is 5.32 Å². The summed E-state index contributed by atoms with van der Waals surface area (Å²) < 4.78 is 13.2. The van der Waals surface area contributed by atoms with Crippen LogP contribution in [0.15, 0.2) is 29.4 Å². The van der Waals surface area contributed by atoms with Crippen molar-refractivity contribution in [1.82, 2.24) is 5.32 Å². The van der Waals surface area contributed by atoms with E-state index < -0.39 is 5.60 Å². The topological polar surface area (TPSA) is 50.7 Å². The Kier molecular flexibility index (Phi) is 2.77. The molecule has 1 heterocycles. The van der Waals surface area contributed by atoms with E-state index in [2.05, 4.69) is 10.5 Å². The number of hydrogen-bond acceptors (Lipinski definition) is 3.